The average Bonchev–Trinajstić information content (AvgIpc) is 3.19. The average molecular weight is 332 g/mol. The number of rotatable bonds is 5. The lowest BCUT2D eigenvalue weighted by atomic mass is 10.0. The Morgan fingerprint density at radius 3 is 2.87 bits per heavy atom. The van der Waals surface area contributed by atoms with E-state index in [1.807, 2.05) is 36.6 Å². The van der Waals surface area contributed by atoms with E-state index in [0.717, 1.165) is 29.8 Å². The van der Waals surface area contributed by atoms with E-state index in [1.165, 1.54) is 12.1 Å². The molecule has 5 heteroatoms. The minimum Gasteiger partial charge on any atom is -0.348 e. The summed E-state index contributed by atoms with van der Waals surface area (Å²) in [6.07, 6.45) is 2.08. The van der Waals surface area contributed by atoms with Crippen LogP contribution in [0.15, 0.2) is 41.8 Å². The summed E-state index contributed by atoms with van der Waals surface area (Å²) < 4.78 is 13.1. The Hall–Kier alpha value is -1.72. The smallest absolute Gasteiger partial charge is 0.234 e. The Labute approximate surface area is 140 Å². The Balaban J connectivity index is 1.60. The number of hydrogen-bond donors (Lipinski definition) is 1. The maximum Gasteiger partial charge on any atom is 0.234 e. The van der Waals surface area contributed by atoms with E-state index in [0.29, 0.717) is 6.54 Å². The fourth-order valence-corrected chi connectivity index (χ4v) is 3.89. The van der Waals surface area contributed by atoms with Crippen LogP contribution in [0.4, 0.5) is 4.39 Å². The van der Waals surface area contributed by atoms with Gasteiger partial charge in [0.05, 0.1) is 12.6 Å². The molecule has 1 amide bonds. The van der Waals surface area contributed by atoms with Gasteiger partial charge in [-0.1, -0.05) is 18.2 Å². The van der Waals surface area contributed by atoms with Crippen LogP contribution in [0.3, 0.4) is 0 Å². The molecule has 1 N–H and O–H groups in total. The first kappa shape index (κ1) is 16.1. The van der Waals surface area contributed by atoms with Gasteiger partial charge in [-0.3, -0.25) is 9.69 Å². The minimum atomic E-state index is -0.221. The lowest BCUT2D eigenvalue weighted by Gasteiger charge is -2.25. The second kappa shape index (κ2) is 7.23. The van der Waals surface area contributed by atoms with Gasteiger partial charge in [0.25, 0.3) is 0 Å². The fourth-order valence-electron chi connectivity index (χ4n) is 3.16. The van der Waals surface area contributed by atoms with E-state index >= 15 is 0 Å². The van der Waals surface area contributed by atoms with Gasteiger partial charge >= 0.3 is 0 Å². The normalized spacial score (nSPS) is 19.7. The topological polar surface area (TPSA) is 32.3 Å². The van der Waals surface area contributed by atoms with Gasteiger partial charge in [0.15, 0.2) is 0 Å². The van der Waals surface area contributed by atoms with Crippen molar-refractivity contribution >= 4 is 17.2 Å². The fraction of sp³-hybridized carbons (Fsp3) is 0.389. The molecule has 0 aliphatic carbocycles. The monoisotopic (exact) mass is 332 g/mol. The van der Waals surface area contributed by atoms with E-state index in [-0.39, 0.29) is 23.8 Å². The molecule has 1 aliphatic rings. The van der Waals surface area contributed by atoms with Crippen LogP contribution >= 0.6 is 11.3 Å². The first-order valence-corrected chi connectivity index (χ1v) is 8.84. The molecule has 0 saturated carbocycles. The van der Waals surface area contributed by atoms with E-state index in [1.54, 1.807) is 11.3 Å². The Kier molecular flexibility index (Phi) is 5.08. The van der Waals surface area contributed by atoms with Crippen LogP contribution in [-0.2, 0) is 4.79 Å². The molecule has 122 valence electrons. The van der Waals surface area contributed by atoms with E-state index < -0.39 is 0 Å². The highest BCUT2D eigenvalue weighted by Crippen LogP contribution is 2.31. The summed E-state index contributed by atoms with van der Waals surface area (Å²) >= 11 is 1.65. The van der Waals surface area contributed by atoms with E-state index in [4.69, 9.17) is 0 Å². The minimum absolute atomic E-state index is 0.0365. The van der Waals surface area contributed by atoms with Crippen LogP contribution in [-0.4, -0.2) is 23.9 Å². The van der Waals surface area contributed by atoms with Crippen LogP contribution in [0.2, 0.25) is 0 Å². The van der Waals surface area contributed by atoms with Crippen molar-refractivity contribution in [3.8, 4) is 0 Å². The highest BCUT2D eigenvalue weighted by atomic mass is 32.1. The lowest BCUT2D eigenvalue weighted by molar-refractivity contribution is -0.123. The van der Waals surface area contributed by atoms with Crippen LogP contribution in [0.25, 0.3) is 0 Å². The van der Waals surface area contributed by atoms with E-state index in [9.17, 15) is 9.18 Å². The number of amides is 1. The first-order valence-electron chi connectivity index (χ1n) is 7.96. The first-order chi connectivity index (χ1) is 11.1. The number of likely N-dealkylation sites (tertiary alicyclic amines) is 1. The summed E-state index contributed by atoms with van der Waals surface area (Å²) in [4.78, 5) is 15.7. The van der Waals surface area contributed by atoms with Crippen LogP contribution < -0.4 is 5.32 Å². The third kappa shape index (κ3) is 3.98. The van der Waals surface area contributed by atoms with Gasteiger partial charge in [-0.15, -0.1) is 11.3 Å². The molecule has 1 saturated heterocycles. The maximum atomic E-state index is 13.1. The molecule has 2 unspecified atom stereocenters. The molecule has 23 heavy (non-hydrogen) atoms. The maximum absolute atomic E-state index is 13.1. The zero-order valence-electron chi connectivity index (χ0n) is 13.2. The predicted molar refractivity (Wildman–Crippen MR) is 90.8 cm³/mol. The molecule has 3 nitrogen and oxygen atoms in total. The van der Waals surface area contributed by atoms with Gasteiger partial charge < -0.3 is 5.32 Å². The molecule has 2 atom stereocenters. The van der Waals surface area contributed by atoms with Crippen LogP contribution in [0.1, 0.15) is 42.3 Å². The molecular formula is C18H21FN2OS. The number of carbonyl (C=O) groups excluding carboxylic acids is 1. The van der Waals surface area contributed by atoms with Crippen molar-refractivity contribution in [2.45, 2.75) is 31.8 Å². The van der Waals surface area contributed by atoms with Crippen LogP contribution in [0, 0.1) is 5.82 Å². The van der Waals surface area contributed by atoms with Gasteiger partial charge in [-0.2, -0.15) is 0 Å². The number of thiophene rings is 1. The van der Waals surface area contributed by atoms with Gasteiger partial charge in [0.1, 0.15) is 5.82 Å². The van der Waals surface area contributed by atoms with Crippen molar-refractivity contribution in [2.75, 3.05) is 13.1 Å². The van der Waals surface area contributed by atoms with E-state index in [2.05, 4.69) is 10.2 Å². The highest BCUT2D eigenvalue weighted by Gasteiger charge is 2.27. The highest BCUT2D eigenvalue weighted by molar-refractivity contribution is 7.10. The van der Waals surface area contributed by atoms with Crippen LogP contribution in [0.5, 0.6) is 0 Å². The summed E-state index contributed by atoms with van der Waals surface area (Å²) in [5.74, 6) is -0.180. The predicted octanol–water partition coefficient (Wildman–Crippen LogP) is 3.90. The Bertz CT molecular complexity index is 642. The molecular weight excluding hydrogens is 311 g/mol. The molecule has 0 spiro atoms. The van der Waals surface area contributed by atoms with Gasteiger partial charge in [0, 0.05) is 10.9 Å². The standard InChI is InChI=1S/C18H21FN2OS/c1-13(17-5-3-11-23-17)20-18(22)12-21-10-2-4-16(21)14-6-8-15(19)9-7-14/h3,5-9,11,13,16H,2,4,10,12H2,1H3,(H,20,22). The zero-order valence-corrected chi connectivity index (χ0v) is 14.0. The van der Waals surface area contributed by atoms with Gasteiger partial charge in [-0.25, -0.2) is 4.39 Å². The third-order valence-electron chi connectivity index (χ3n) is 4.31. The van der Waals surface area contributed by atoms with Crippen molar-refractivity contribution in [1.29, 1.82) is 0 Å². The van der Waals surface area contributed by atoms with Gasteiger partial charge in [0.2, 0.25) is 5.91 Å². The number of nitrogens with one attached hydrogen (secondary N) is 1. The Morgan fingerprint density at radius 1 is 1.39 bits per heavy atom. The zero-order chi connectivity index (χ0) is 16.2. The summed E-state index contributed by atoms with van der Waals surface area (Å²) in [6.45, 7) is 3.30. The lowest BCUT2D eigenvalue weighted by Crippen LogP contribution is -2.37. The Morgan fingerprint density at radius 2 is 2.17 bits per heavy atom. The number of halogens is 1. The molecule has 2 aromatic rings. The molecule has 1 aliphatic heterocycles. The van der Waals surface area contributed by atoms with Crippen molar-refractivity contribution in [2.24, 2.45) is 0 Å². The second-order valence-corrected chi connectivity index (χ2v) is 6.96. The summed E-state index contributed by atoms with van der Waals surface area (Å²) in [5.41, 5.74) is 1.09. The number of hydrogen-bond acceptors (Lipinski definition) is 3. The summed E-state index contributed by atoms with van der Waals surface area (Å²) in [7, 11) is 0. The summed E-state index contributed by atoms with van der Waals surface area (Å²) in [5, 5.41) is 5.08. The molecule has 2 heterocycles. The number of nitrogens with zero attached hydrogens (tertiary/aromatic N) is 1. The van der Waals surface area contributed by atoms with Crippen molar-refractivity contribution in [3.63, 3.8) is 0 Å². The van der Waals surface area contributed by atoms with Crippen molar-refractivity contribution in [3.05, 3.63) is 58.0 Å². The second-order valence-electron chi connectivity index (χ2n) is 5.98. The molecule has 1 aromatic carbocycles. The molecule has 3 rings (SSSR count). The largest absolute Gasteiger partial charge is 0.348 e. The molecule has 1 aromatic heterocycles. The molecule has 0 bridgehead atoms. The summed E-state index contributed by atoms with van der Waals surface area (Å²) in [6, 6.07) is 10.9. The molecule has 0 radical (unpaired) electrons. The van der Waals surface area contributed by atoms with Gasteiger partial charge in [-0.05, 0) is 55.5 Å². The number of carbonyl (C=O) groups is 1. The quantitative estimate of drug-likeness (QED) is 0.900. The third-order valence-corrected chi connectivity index (χ3v) is 5.37. The van der Waals surface area contributed by atoms with Crippen molar-refractivity contribution in [1.82, 2.24) is 10.2 Å². The number of benzene rings is 1. The SMILES string of the molecule is CC(NC(=O)CN1CCCC1c1ccc(F)cc1)c1cccs1. The molecule has 1 fully saturated rings. The van der Waals surface area contributed by atoms with Crippen molar-refractivity contribution < 1.29 is 9.18 Å².